The van der Waals surface area contributed by atoms with Crippen molar-refractivity contribution in [2.45, 2.75) is 13.8 Å². The molecule has 92 valence electrons. The lowest BCUT2D eigenvalue weighted by Crippen LogP contribution is -1.86. The summed E-state index contributed by atoms with van der Waals surface area (Å²) in [6.45, 7) is 4.22. The molecule has 18 heavy (non-hydrogen) atoms. The van der Waals surface area contributed by atoms with Crippen LogP contribution in [0.3, 0.4) is 0 Å². The third kappa shape index (κ3) is 2.80. The number of rotatable bonds is 3. The highest BCUT2D eigenvalue weighted by molar-refractivity contribution is 5.72. The van der Waals surface area contributed by atoms with Crippen LogP contribution in [0.15, 0.2) is 42.5 Å². The van der Waals surface area contributed by atoms with E-state index in [4.69, 9.17) is 4.74 Å². The Kier molecular flexibility index (Phi) is 3.83. The molecule has 0 aliphatic carbocycles. The van der Waals surface area contributed by atoms with E-state index in [0.717, 1.165) is 5.75 Å². The zero-order chi connectivity index (χ0) is 13.0. The first kappa shape index (κ1) is 12.4. The third-order valence-electron chi connectivity index (χ3n) is 3.11. The number of aryl methyl sites for hydroxylation is 2. The molecule has 2 rings (SSSR count). The van der Waals surface area contributed by atoms with Crippen molar-refractivity contribution in [3.8, 4) is 5.75 Å². The van der Waals surface area contributed by atoms with Gasteiger partial charge in [0.2, 0.25) is 0 Å². The average molecular weight is 238 g/mol. The minimum Gasteiger partial charge on any atom is -0.497 e. The zero-order valence-electron chi connectivity index (χ0n) is 11.1. The van der Waals surface area contributed by atoms with Crippen molar-refractivity contribution >= 4 is 12.2 Å². The van der Waals surface area contributed by atoms with E-state index in [2.05, 4.69) is 62.4 Å². The highest BCUT2D eigenvalue weighted by Crippen LogP contribution is 2.19. The van der Waals surface area contributed by atoms with Crippen LogP contribution in [0.5, 0.6) is 5.75 Å². The normalized spacial score (nSPS) is 10.8. The summed E-state index contributed by atoms with van der Waals surface area (Å²) >= 11 is 0. The maximum Gasteiger partial charge on any atom is 0.119 e. The van der Waals surface area contributed by atoms with Gasteiger partial charge in [-0.1, -0.05) is 42.5 Å². The van der Waals surface area contributed by atoms with Crippen molar-refractivity contribution in [3.05, 3.63) is 64.7 Å². The quantitative estimate of drug-likeness (QED) is 0.716. The van der Waals surface area contributed by atoms with Gasteiger partial charge < -0.3 is 4.74 Å². The molecular weight excluding hydrogens is 220 g/mol. The Morgan fingerprint density at radius 1 is 0.833 bits per heavy atom. The van der Waals surface area contributed by atoms with E-state index in [1.807, 2.05) is 6.07 Å². The maximum absolute atomic E-state index is 5.21. The van der Waals surface area contributed by atoms with Gasteiger partial charge in [0.15, 0.2) is 0 Å². The fraction of sp³-hybridized carbons (Fsp3) is 0.176. The van der Waals surface area contributed by atoms with Crippen LogP contribution in [-0.2, 0) is 0 Å². The predicted octanol–water partition coefficient (Wildman–Crippen LogP) is 4.48. The highest BCUT2D eigenvalue weighted by atomic mass is 16.5. The molecule has 0 spiro atoms. The van der Waals surface area contributed by atoms with Gasteiger partial charge >= 0.3 is 0 Å². The molecule has 0 saturated carbocycles. The second-order valence-corrected chi connectivity index (χ2v) is 4.41. The summed E-state index contributed by atoms with van der Waals surface area (Å²) in [5.41, 5.74) is 4.99. The van der Waals surface area contributed by atoms with Crippen LogP contribution >= 0.6 is 0 Å². The summed E-state index contributed by atoms with van der Waals surface area (Å²) in [4.78, 5) is 0. The van der Waals surface area contributed by atoms with E-state index in [0.29, 0.717) is 0 Å². The van der Waals surface area contributed by atoms with E-state index < -0.39 is 0 Å². The number of hydrogen-bond acceptors (Lipinski definition) is 1. The maximum atomic E-state index is 5.21. The molecule has 0 aliphatic heterocycles. The lowest BCUT2D eigenvalue weighted by molar-refractivity contribution is 0.414. The van der Waals surface area contributed by atoms with E-state index in [9.17, 15) is 0 Å². The van der Waals surface area contributed by atoms with Crippen molar-refractivity contribution < 1.29 is 4.74 Å². The largest absolute Gasteiger partial charge is 0.497 e. The van der Waals surface area contributed by atoms with Crippen molar-refractivity contribution in [1.82, 2.24) is 0 Å². The second-order valence-electron chi connectivity index (χ2n) is 4.41. The molecule has 1 heteroatoms. The second kappa shape index (κ2) is 5.54. The summed E-state index contributed by atoms with van der Waals surface area (Å²) in [5.74, 6) is 0.903. The van der Waals surface area contributed by atoms with Crippen LogP contribution in [0.25, 0.3) is 12.2 Å². The predicted molar refractivity (Wildman–Crippen MR) is 77.8 cm³/mol. The molecule has 0 aliphatic rings. The van der Waals surface area contributed by atoms with E-state index in [1.165, 1.54) is 22.3 Å². The number of hydrogen-bond donors (Lipinski definition) is 0. The van der Waals surface area contributed by atoms with Gasteiger partial charge in [-0.15, -0.1) is 0 Å². The fourth-order valence-corrected chi connectivity index (χ4v) is 1.92. The lowest BCUT2D eigenvalue weighted by atomic mass is 10.0. The monoisotopic (exact) mass is 238 g/mol. The Balaban J connectivity index is 2.27. The Morgan fingerprint density at radius 3 is 2.11 bits per heavy atom. The molecule has 0 aromatic heterocycles. The molecular formula is C17H18O. The summed E-state index contributed by atoms with van der Waals surface area (Å²) in [6.07, 6.45) is 4.31. The van der Waals surface area contributed by atoms with Gasteiger partial charge in [0.25, 0.3) is 0 Å². The summed E-state index contributed by atoms with van der Waals surface area (Å²) in [7, 11) is 1.69. The standard InChI is InChI=1S/C17H18O/c1-13-6-4-5-7-15(13)8-9-16-10-11-17(18-3)12-14(16)2/h4-12H,1-3H3/b9-8+. The van der Waals surface area contributed by atoms with Gasteiger partial charge in [-0.3, -0.25) is 0 Å². The molecule has 0 amide bonds. The Bertz CT molecular complexity index is 568. The first-order valence-corrected chi connectivity index (χ1v) is 6.09. The third-order valence-corrected chi connectivity index (χ3v) is 3.11. The minimum atomic E-state index is 0.903. The number of benzene rings is 2. The fourth-order valence-electron chi connectivity index (χ4n) is 1.92. The zero-order valence-corrected chi connectivity index (χ0v) is 11.1. The molecule has 0 unspecified atom stereocenters. The molecule has 1 nitrogen and oxygen atoms in total. The molecule has 0 atom stereocenters. The molecule has 0 heterocycles. The van der Waals surface area contributed by atoms with E-state index in [1.54, 1.807) is 7.11 Å². The van der Waals surface area contributed by atoms with Crippen LogP contribution in [0.2, 0.25) is 0 Å². The van der Waals surface area contributed by atoms with Crippen LogP contribution in [0.4, 0.5) is 0 Å². The molecule has 0 N–H and O–H groups in total. The van der Waals surface area contributed by atoms with Crippen LogP contribution in [-0.4, -0.2) is 7.11 Å². The van der Waals surface area contributed by atoms with Crippen LogP contribution in [0.1, 0.15) is 22.3 Å². The van der Waals surface area contributed by atoms with Crippen LogP contribution < -0.4 is 4.74 Å². The van der Waals surface area contributed by atoms with E-state index >= 15 is 0 Å². The van der Waals surface area contributed by atoms with Crippen molar-refractivity contribution in [3.63, 3.8) is 0 Å². The Labute approximate surface area is 109 Å². The SMILES string of the molecule is COc1ccc(/C=C/c2ccccc2C)c(C)c1. The van der Waals surface area contributed by atoms with Gasteiger partial charge in [0, 0.05) is 0 Å². The van der Waals surface area contributed by atoms with Gasteiger partial charge in [-0.05, 0) is 48.2 Å². The van der Waals surface area contributed by atoms with E-state index in [-0.39, 0.29) is 0 Å². The minimum absolute atomic E-state index is 0.903. The van der Waals surface area contributed by atoms with Gasteiger partial charge in [0.05, 0.1) is 7.11 Å². The molecule has 0 saturated heterocycles. The Morgan fingerprint density at radius 2 is 1.50 bits per heavy atom. The van der Waals surface area contributed by atoms with Crippen molar-refractivity contribution in [2.75, 3.05) is 7.11 Å². The number of ether oxygens (including phenoxy) is 1. The molecule has 2 aromatic rings. The topological polar surface area (TPSA) is 9.23 Å². The van der Waals surface area contributed by atoms with Crippen LogP contribution in [0, 0.1) is 13.8 Å². The summed E-state index contributed by atoms with van der Waals surface area (Å²) < 4.78 is 5.21. The summed E-state index contributed by atoms with van der Waals surface area (Å²) in [5, 5.41) is 0. The average Bonchev–Trinajstić information content (AvgIpc) is 2.39. The van der Waals surface area contributed by atoms with Gasteiger partial charge in [-0.25, -0.2) is 0 Å². The first-order valence-electron chi connectivity index (χ1n) is 6.09. The molecule has 0 radical (unpaired) electrons. The van der Waals surface area contributed by atoms with Crippen molar-refractivity contribution in [1.29, 1.82) is 0 Å². The number of methoxy groups -OCH3 is 1. The Hall–Kier alpha value is -2.02. The summed E-state index contributed by atoms with van der Waals surface area (Å²) in [6, 6.07) is 14.5. The molecule has 2 aromatic carbocycles. The lowest BCUT2D eigenvalue weighted by Gasteiger charge is -2.04. The van der Waals surface area contributed by atoms with Gasteiger partial charge in [-0.2, -0.15) is 0 Å². The smallest absolute Gasteiger partial charge is 0.119 e. The molecule has 0 bridgehead atoms. The first-order chi connectivity index (χ1) is 8.70. The van der Waals surface area contributed by atoms with Gasteiger partial charge in [0.1, 0.15) is 5.75 Å². The molecule has 0 fully saturated rings. The highest BCUT2D eigenvalue weighted by Gasteiger charge is 1.97. The van der Waals surface area contributed by atoms with Crippen molar-refractivity contribution in [2.24, 2.45) is 0 Å².